The first-order valence-electron chi connectivity index (χ1n) is 6.42. The van der Waals surface area contributed by atoms with E-state index in [1.807, 2.05) is 19.9 Å². The van der Waals surface area contributed by atoms with E-state index >= 15 is 0 Å². The molecule has 0 saturated heterocycles. The highest BCUT2D eigenvalue weighted by molar-refractivity contribution is 7.89. The van der Waals surface area contributed by atoms with Gasteiger partial charge < -0.3 is 10.5 Å². The fraction of sp³-hybridized carbons (Fsp3) is 0.500. The van der Waals surface area contributed by atoms with Gasteiger partial charge in [-0.1, -0.05) is 13.8 Å². The van der Waals surface area contributed by atoms with Crippen molar-refractivity contribution in [1.82, 2.24) is 4.31 Å². The Kier molecular flexibility index (Phi) is 5.34. The normalized spacial score (nSPS) is 12.2. The number of benzene rings is 1. The van der Waals surface area contributed by atoms with Crippen molar-refractivity contribution < 1.29 is 13.2 Å². The largest absolute Gasteiger partial charge is 0.495 e. The molecule has 0 atom stereocenters. The zero-order valence-electron chi connectivity index (χ0n) is 12.8. The first kappa shape index (κ1) is 17.4. The average Bonchev–Trinajstić information content (AvgIpc) is 2.45. The molecule has 0 aliphatic rings. The molecule has 7 heteroatoms. The Morgan fingerprint density at radius 3 is 2.52 bits per heavy atom. The number of methoxy groups -OCH3 is 1. The molecule has 6 nitrogen and oxygen atoms in total. The van der Waals surface area contributed by atoms with Crippen LogP contribution in [0, 0.1) is 16.7 Å². The van der Waals surface area contributed by atoms with Gasteiger partial charge in [0.25, 0.3) is 0 Å². The second kappa shape index (κ2) is 6.43. The molecular formula is C14H21N3O3S. The van der Waals surface area contributed by atoms with Crippen molar-refractivity contribution in [3.63, 3.8) is 0 Å². The van der Waals surface area contributed by atoms with Crippen LogP contribution in [0.3, 0.4) is 0 Å². The van der Waals surface area contributed by atoms with Crippen LogP contribution in [-0.4, -0.2) is 40.0 Å². The molecule has 21 heavy (non-hydrogen) atoms. The maximum Gasteiger partial charge on any atom is 0.246 e. The Labute approximate surface area is 126 Å². The molecule has 0 aromatic heterocycles. The van der Waals surface area contributed by atoms with Gasteiger partial charge in [0, 0.05) is 13.6 Å². The van der Waals surface area contributed by atoms with Gasteiger partial charge in [0.1, 0.15) is 10.6 Å². The van der Waals surface area contributed by atoms with E-state index in [0.717, 1.165) is 0 Å². The molecule has 0 radical (unpaired) electrons. The number of nitrogens with two attached hydrogens (primary N) is 1. The Morgan fingerprint density at radius 2 is 2.05 bits per heavy atom. The summed E-state index contributed by atoms with van der Waals surface area (Å²) in [5.41, 5.74) is 5.66. The summed E-state index contributed by atoms with van der Waals surface area (Å²) >= 11 is 0. The lowest BCUT2D eigenvalue weighted by Gasteiger charge is -2.28. The Morgan fingerprint density at radius 1 is 1.43 bits per heavy atom. The van der Waals surface area contributed by atoms with Crippen molar-refractivity contribution in [1.29, 1.82) is 5.26 Å². The van der Waals surface area contributed by atoms with Crippen LogP contribution in [0.2, 0.25) is 0 Å². The van der Waals surface area contributed by atoms with Crippen molar-refractivity contribution in [2.45, 2.75) is 18.7 Å². The van der Waals surface area contributed by atoms with E-state index in [-0.39, 0.29) is 22.6 Å². The number of hydrogen-bond acceptors (Lipinski definition) is 5. The van der Waals surface area contributed by atoms with Crippen LogP contribution in [0.15, 0.2) is 23.1 Å². The molecule has 116 valence electrons. The van der Waals surface area contributed by atoms with Crippen molar-refractivity contribution >= 4 is 10.0 Å². The Hall–Kier alpha value is -1.62. The molecule has 0 bridgehead atoms. The van der Waals surface area contributed by atoms with Gasteiger partial charge in [-0.15, -0.1) is 0 Å². The van der Waals surface area contributed by atoms with Gasteiger partial charge in [-0.2, -0.15) is 5.26 Å². The number of hydrogen-bond donors (Lipinski definition) is 1. The van der Waals surface area contributed by atoms with Crippen LogP contribution in [0.5, 0.6) is 5.75 Å². The SMILES string of the molecule is COc1cc(C#N)ccc1S(=O)(=O)N(C)CC(C)(C)CN. The van der Waals surface area contributed by atoms with E-state index in [1.54, 1.807) is 0 Å². The first-order chi connectivity index (χ1) is 9.67. The molecule has 0 heterocycles. The minimum Gasteiger partial charge on any atom is -0.495 e. The van der Waals surface area contributed by atoms with Crippen LogP contribution in [-0.2, 0) is 10.0 Å². The van der Waals surface area contributed by atoms with Gasteiger partial charge in [-0.05, 0) is 30.2 Å². The van der Waals surface area contributed by atoms with E-state index in [9.17, 15) is 8.42 Å². The van der Waals surface area contributed by atoms with Crippen LogP contribution >= 0.6 is 0 Å². The van der Waals surface area contributed by atoms with E-state index in [4.69, 9.17) is 15.7 Å². The molecule has 0 unspecified atom stereocenters. The van der Waals surface area contributed by atoms with Crippen LogP contribution in [0.4, 0.5) is 0 Å². The lowest BCUT2D eigenvalue weighted by Crippen LogP contribution is -2.39. The predicted molar refractivity (Wildman–Crippen MR) is 80.4 cm³/mol. The molecule has 1 aromatic rings. The molecule has 1 rings (SSSR count). The molecular weight excluding hydrogens is 290 g/mol. The summed E-state index contributed by atoms with van der Waals surface area (Å²) < 4.78 is 31.6. The van der Waals surface area contributed by atoms with Crippen molar-refractivity contribution in [3.05, 3.63) is 23.8 Å². The summed E-state index contributed by atoms with van der Waals surface area (Å²) in [6.07, 6.45) is 0. The summed E-state index contributed by atoms with van der Waals surface area (Å²) in [5.74, 6) is 0.159. The van der Waals surface area contributed by atoms with Gasteiger partial charge in [0.15, 0.2) is 0 Å². The number of nitriles is 1. The van der Waals surface area contributed by atoms with Gasteiger partial charge in [0.2, 0.25) is 10.0 Å². The zero-order valence-corrected chi connectivity index (χ0v) is 13.6. The third kappa shape index (κ3) is 3.94. The van der Waals surface area contributed by atoms with Gasteiger partial charge >= 0.3 is 0 Å². The fourth-order valence-corrected chi connectivity index (χ4v) is 3.36. The standard InChI is InChI=1S/C14H21N3O3S/c1-14(2,9-16)10-17(3)21(18,19)13-6-5-11(8-15)7-12(13)20-4/h5-7H,9-10,16H2,1-4H3. The third-order valence-electron chi connectivity index (χ3n) is 3.18. The monoisotopic (exact) mass is 311 g/mol. The minimum atomic E-state index is -3.71. The van der Waals surface area contributed by atoms with Crippen molar-refractivity contribution in [2.24, 2.45) is 11.1 Å². The summed E-state index contributed by atoms with van der Waals surface area (Å²) in [4.78, 5) is 0.0410. The van der Waals surface area contributed by atoms with Crippen LogP contribution in [0.1, 0.15) is 19.4 Å². The van der Waals surface area contributed by atoms with Gasteiger partial charge in [0.05, 0.1) is 18.7 Å². The number of ether oxygens (including phenoxy) is 1. The summed E-state index contributed by atoms with van der Waals surface area (Å²) in [6, 6.07) is 6.21. The molecule has 1 aromatic carbocycles. The number of nitrogens with zero attached hydrogens (tertiary/aromatic N) is 2. The highest BCUT2D eigenvalue weighted by atomic mass is 32.2. The minimum absolute atomic E-state index is 0.0410. The van der Waals surface area contributed by atoms with E-state index in [2.05, 4.69) is 0 Å². The van der Waals surface area contributed by atoms with Crippen LogP contribution < -0.4 is 10.5 Å². The third-order valence-corrected chi connectivity index (χ3v) is 5.03. The molecule has 0 amide bonds. The molecule has 0 fully saturated rings. The quantitative estimate of drug-likeness (QED) is 0.850. The predicted octanol–water partition coefficient (Wildman–Crippen LogP) is 1.17. The Balaban J connectivity index is 3.22. The van der Waals surface area contributed by atoms with Crippen molar-refractivity contribution in [3.8, 4) is 11.8 Å². The number of rotatable bonds is 6. The molecule has 0 saturated carbocycles. The molecule has 0 aliphatic carbocycles. The van der Waals surface area contributed by atoms with Gasteiger partial charge in [-0.3, -0.25) is 0 Å². The topological polar surface area (TPSA) is 96.4 Å². The van der Waals surface area contributed by atoms with Gasteiger partial charge in [-0.25, -0.2) is 12.7 Å². The lowest BCUT2D eigenvalue weighted by atomic mass is 9.94. The van der Waals surface area contributed by atoms with E-state index in [0.29, 0.717) is 12.1 Å². The first-order valence-corrected chi connectivity index (χ1v) is 7.86. The fourth-order valence-electron chi connectivity index (χ4n) is 1.87. The van der Waals surface area contributed by atoms with Crippen molar-refractivity contribution in [2.75, 3.05) is 27.2 Å². The lowest BCUT2D eigenvalue weighted by molar-refractivity contribution is 0.291. The summed E-state index contributed by atoms with van der Waals surface area (Å²) in [7, 11) is -0.828. The van der Waals surface area contributed by atoms with E-state index in [1.165, 1.54) is 36.7 Å². The maximum atomic E-state index is 12.6. The highest BCUT2D eigenvalue weighted by Gasteiger charge is 2.29. The zero-order chi connectivity index (χ0) is 16.3. The molecule has 0 aliphatic heterocycles. The van der Waals surface area contributed by atoms with E-state index < -0.39 is 10.0 Å². The summed E-state index contributed by atoms with van der Waals surface area (Å²) in [6.45, 7) is 4.45. The van der Waals surface area contributed by atoms with Crippen LogP contribution in [0.25, 0.3) is 0 Å². The maximum absolute atomic E-state index is 12.6. The molecule has 2 N–H and O–H groups in total. The Bertz CT molecular complexity index is 648. The summed E-state index contributed by atoms with van der Waals surface area (Å²) in [5, 5.41) is 8.87. The molecule has 0 spiro atoms. The average molecular weight is 311 g/mol. The number of sulfonamides is 1. The second-order valence-electron chi connectivity index (χ2n) is 5.61. The smallest absolute Gasteiger partial charge is 0.246 e. The highest BCUT2D eigenvalue weighted by Crippen LogP contribution is 2.28. The second-order valence-corrected chi connectivity index (χ2v) is 7.62.